The zero-order valence-electron chi connectivity index (χ0n) is 15.2. The average Bonchev–Trinajstić information content (AvgIpc) is 3.49. The highest BCUT2D eigenvalue weighted by atomic mass is 35.5. The first-order valence-corrected chi connectivity index (χ1v) is 8.92. The Bertz CT molecular complexity index is 848. The highest BCUT2D eigenvalue weighted by Crippen LogP contribution is 2.47. The lowest BCUT2D eigenvalue weighted by atomic mass is 10.0. The zero-order chi connectivity index (χ0) is 19.4. The molecule has 3 rings (SSSR count). The molecule has 6 nitrogen and oxygen atoms in total. The van der Waals surface area contributed by atoms with E-state index < -0.39 is 5.41 Å². The summed E-state index contributed by atoms with van der Waals surface area (Å²) in [4.78, 5) is 25.2. The van der Waals surface area contributed by atoms with Gasteiger partial charge in [0.25, 0.3) is 0 Å². The van der Waals surface area contributed by atoms with Crippen LogP contribution in [-0.2, 0) is 16.1 Å². The molecule has 1 saturated carbocycles. The summed E-state index contributed by atoms with van der Waals surface area (Å²) in [7, 11) is 3.12. The Labute approximate surface area is 162 Å². The first-order valence-electron chi connectivity index (χ1n) is 8.55. The molecule has 7 heteroatoms. The van der Waals surface area contributed by atoms with Crippen LogP contribution in [0.3, 0.4) is 0 Å². The molecule has 2 aromatic rings. The van der Waals surface area contributed by atoms with Gasteiger partial charge in [-0.1, -0.05) is 17.7 Å². The van der Waals surface area contributed by atoms with Gasteiger partial charge in [-0.3, -0.25) is 9.59 Å². The van der Waals surface area contributed by atoms with Crippen LogP contribution >= 0.6 is 11.6 Å². The number of halogens is 1. The maximum atomic E-state index is 12.6. The van der Waals surface area contributed by atoms with Crippen molar-refractivity contribution < 1.29 is 19.1 Å². The summed E-state index contributed by atoms with van der Waals surface area (Å²) in [6, 6.07) is 12.2. The summed E-state index contributed by atoms with van der Waals surface area (Å²) in [5.74, 6) is 0.637. The molecule has 1 aliphatic carbocycles. The molecule has 1 fully saturated rings. The summed E-state index contributed by atoms with van der Waals surface area (Å²) in [6.07, 6.45) is 1.06. The van der Waals surface area contributed by atoms with E-state index in [2.05, 4.69) is 10.6 Å². The Morgan fingerprint density at radius 2 is 1.67 bits per heavy atom. The fourth-order valence-corrected chi connectivity index (χ4v) is 2.93. The molecule has 1 aliphatic rings. The molecule has 0 heterocycles. The summed E-state index contributed by atoms with van der Waals surface area (Å²) >= 11 is 5.85. The Morgan fingerprint density at radius 3 is 2.26 bits per heavy atom. The van der Waals surface area contributed by atoms with Crippen molar-refractivity contribution in [1.82, 2.24) is 5.32 Å². The van der Waals surface area contributed by atoms with E-state index in [-0.39, 0.29) is 11.8 Å². The fourth-order valence-electron chi connectivity index (χ4n) is 2.81. The maximum absolute atomic E-state index is 12.6. The monoisotopic (exact) mass is 388 g/mol. The molecule has 0 bridgehead atoms. The standard InChI is InChI=1S/C20H21ClN2O4/c1-26-16-8-3-13(11-17(16)27-2)12-22-18(24)20(9-10-20)19(25)23-15-6-4-14(21)5-7-15/h3-8,11H,9-10,12H2,1-2H3,(H,22,24)(H,23,25). The quantitative estimate of drug-likeness (QED) is 0.713. The number of carbonyl (C=O) groups is 2. The topological polar surface area (TPSA) is 76.7 Å². The normalized spacial score (nSPS) is 14.2. The van der Waals surface area contributed by atoms with Crippen LogP contribution < -0.4 is 20.1 Å². The zero-order valence-corrected chi connectivity index (χ0v) is 15.9. The molecule has 0 saturated heterocycles. The molecule has 0 spiro atoms. The predicted molar refractivity (Wildman–Crippen MR) is 103 cm³/mol. The first kappa shape index (κ1) is 19.0. The van der Waals surface area contributed by atoms with E-state index in [1.807, 2.05) is 6.07 Å². The minimum atomic E-state index is -1.00. The van der Waals surface area contributed by atoms with Gasteiger partial charge in [0, 0.05) is 17.3 Å². The largest absolute Gasteiger partial charge is 0.493 e. The van der Waals surface area contributed by atoms with Gasteiger partial charge in [0.15, 0.2) is 11.5 Å². The SMILES string of the molecule is COc1ccc(CNC(=O)C2(C(=O)Nc3ccc(Cl)cc3)CC2)cc1OC. The van der Waals surface area contributed by atoms with Crippen LogP contribution in [0.4, 0.5) is 5.69 Å². The van der Waals surface area contributed by atoms with Crippen molar-refractivity contribution in [2.24, 2.45) is 5.41 Å². The summed E-state index contributed by atoms with van der Waals surface area (Å²) in [5, 5.41) is 6.22. The third-order valence-corrected chi connectivity index (χ3v) is 4.87. The molecular formula is C20H21ClN2O4. The van der Waals surface area contributed by atoms with E-state index >= 15 is 0 Å². The van der Waals surface area contributed by atoms with Crippen molar-refractivity contribution in [3.63, 3.8) is 0 Å². The van der Waals surface area contributed by atoms with Crippen LogP contribution in [0.2, 0.25) is 5.02 Å². The highest BCUT2D eigenvalue weighted by Gasteiger charge is 2.56. The second-order valence-corrected chi connectivity index (χ2v) is 6.85. The van der Waals surface area contributed by atoms with Gasteiger partial charge >= 0.3 is 0 Å². The second-order valence-electron chi connectivity index (χ2n) is 6.42. The molecule has 2 amide bonds. The van der Waals surface area contributed by atoms with E-state index in [0.717, 1.165) is 5.56 Å². The number of carbonyl (C=O) groups excluding carboxylic acids is 2. The minimum absolute atomic E-state index is 0.274. The smallest absolute Gasteiger partial charge is 0.240 e. The number of nitrogens with one attached hydrogen (secondary N) is 2. The summed E-state index contributed by atoms with van der Waals surface area (Å²) in [5.41, 5.74) is 0.467. The Kier molecular flexibility index (Phi) is 5.56. The molecule has 0 unspecified atom stereocenters. The first-order chi connectivity index (χ1) is 13.0. The van der Waals surface area contributed by atoms with Crippen molar-refractivity contribution in [3.8, 4) is 11.5 Å². The number of ether oxygens (including phenoxy) is 2. The summed E-state index contributed by atoms with van der Waals surface area (Å²) < 4.78 is 10.5. The Hall–Kier alpha value is -2.73. The summed E-state index contributed by atoms with van der Waals surface area (Å²) in [6.45, 7) is 0.301. The van der Waals surface area contributed by atoms with E-state index in [1.165, 1.54) is 0 Å². The Balaban J connectivity index is 1.61. The number of anilines is 1. The lowest BCUT2D eigenvalue weighted by Crippen LogP contribution is -2.39. The van der Waals surface area contributed by atoms with Crippen LogP contribution in [0.15, 0.2) is 42.5 Å². The third kappa shape index (κ3) is 4.17. The maximum Gasteiger partial charge on any atom is 0.240 e. The van der Waals surface area contributed by atoms with Gasteiger partial charge in [-0.2, -0.15) is 0 Å². The fraction of sp³-hybridized carbons (Fsp3) is 0.300. The van der Waals surface area contributed by atoms with E-state index in [0.29, 0.717) is 41.6 Å². The number of hydrogen-bond donors (Lipinski definition) is 2. The number of benzene rings is 2. The van der Waals surface area contributed by atoms with Gasteiger partial charge in [-0.15, -0.1) is 0 Å². The molecule has 0 aromatic heterocycles. The van der Waals surface area contributed by atoms with Crippen molar-refractivity contribution in [2.45, 2.75) is 19.4 Å². The van der Waals surface area contributed by atoms with E-state index in [4.69, 9.17) is 21.1 Å². The number of amides is 2. The van der Waals surface area contributed by atoms with Crippen molar-refractivity contribution in [1.29, 1.82) is 0 Å². The van der Waals surface area contributed by atoms with Gasteiger partial charge in [-0.25, -0.2) is 0 Å². The molecule has 2 aromatic carbocycles. The van der Waals surface area contributed by atoms with Gasteiger partial charge in [0.05, 0.1) is 14.2 Å². The van der Waals surface area contributed by atoms with Gasteiger partial charge < -0.3 is 20.1 Å². The number of methoxy groups -OCH3 is 2. The highest BCUT2D eigenvalue weighted by molar-refractivity contribution is 6.30. The molecule has 0 atom stereocenters. The predicted octanol–water partition coefficient (Wildman–Crippen LogP) is 3.39. The van der Waals surface area contributed by atoms with Crippen LogP contribution in [0, 0.1) is 5.41 Å². The molecule has 142 valence electrons. The molecule has 0 aliphatic heterocycles. The lowest BCUT2D eigenvalue weighted by molar-refractivity contribution is -0.134. The van der Waals surface area contributed by atoms with Crippen LogP contribution in [-0.4, -0.2) is 26.0 Å². The molecule has 27 heavy (non-hydrogen) atoms. The third-order valence-electron chi connectivity index (χ3n) is 4.62. The molecule has 2 N–H and O–H groups in total. The lowest BCUT2D eigenvalue weighted by Gasteiger charge is -2.16. The molecule has 0 radical (unpaired) electrons. The molecular weight excluding hydrogens is 368 g/mol. The van der Waals surface area contributed by atoms with Crippen LogP contribution in [0.5, 0.6) is 11.5 Å². The second kappa shape index (κ2) is 7.88. The van der Waals surface area contributed by atoms with Crippen molar-refractivity contribution in [2.75, 3.05) is 19.5 Å². The van der Waals surface area contributed by atoms with E-state index in [9.17, 15) is 9.59 Å². The van der Waals surface area contributed by atoms with Gasteiger partial charge in [-0.05, 0) is 54.8 Å². The van der Waals surface area contributed by atoms with Crippen LogP contribution in [0.1, 0.15) is 18.4 Å². The van der Waals surface area contributed by atoms with Crippen molar-refractivity contribution in [3.05, 3.63) is 53.1 Å². The van der Waals surface area contributed by atoms with Gasteiger partial charge in [0.2, 0.25) is 11.8 Å². The van der Waals surface area contributed by atoms with Gasteiger partial charge in [0.1, 0.15) is 5.41 Å². The average molecular weight is 389 g/mol. The Morgan fingerprint density at radius 1 is 1.00 bits per heavy atom. The van der Waals surface area contributed by atoms with E-state index in [1.54, 1.807) is 50.6 Å². The number of rotatable bonds is 7. The number of hydrogen-bond acceptors (Lipinski definition) is 4. The van der Waals surface area contributed by atoms with Crippen molar-refractivity contribution >= 4 is 29.1 Å². The minimum Gasteiger partial charge on any atom is -0.493 e. The van der Waals surface area contributed by atoms with Crippen LogP contribution in [0.25, 0.3) is 0 Å².